The van der Waals surface area contributed by atoms with Crippen LogP contribution in [-0.2, 0) is 0 Å². The van der Waals surface area contributed by atoms with E-state index in [2.05, 4.69) is 24.1 Å². The van der Waals surface area contributed by atoms with Gasteiger partial charge in [0.25, 0.3) is 11.5 Å². The molecule has 4 nitrogen and oxygen atoms in total. The molecular weight excluding hydrogens is 288 g/mol. The van der Waals surface area contributed by atoms with E-state index in [-0.39, 0.29) is 11.1 Å². The van der Waals surface area contributed by atoms with Gasteiger partial charge in [0.05, 0.1) is 0 Å². The van der Waals surface area contributed by atoms with Crippen LogP contribution < -0.4 is 10.9 Å². The van der Waals surface area contributed by atoms with Crippen molar-refractivity contribution < 1.29 is 4.79 Å². The van der Waals surface area contributed by atoms with Gasteiger partial charge in [0, 0.05) is 11.2 Å². The number of pyridine rings is 1. The molecule has 0 bridgehead atoms. The third kappa shape index (κ3) is 3.16. The molecule has 1 heterocycles. The van der Waals surface area contributed by atoms with Crippen molar-refractivity contribution >= 4 is 22.5 Å². The molecule has 3 rings (SSSR count). The Labute approximate surface area is 134 Å². The molecule has 0 atom stereocenters. The lowest BCUT2D eigenvalue weighted by Crippen LogP contribution is -2.23. The minimum absolute atomic E-state index is 0.108. The molecule has 0 radical (unpaired) electrons. The highest BCUT2D eigenvalue weighted by Crippen LogP contribution is 2.18. The van der Waals surface area contributed by atoms with Crippen molar-refractivity contribution in [3.63, 3.8) is 0 Å². The highest BCUT2D eigenvalue weighted by atomic mass is 16.2. The summed E-state index contributed by atoms with van der Waals surface area (Å²) in [5.74, 6) is 0.0254. The quantitative estimate of drug-likeness (QED) is 0.771. The third-order valence-corrected chi connectivity index (χ3v) is 3.83. The second-order valence-electron chi connectivity index (χ2n) is 5.83. The van der Waals surface area contributed by atoms with Gasteiger partial charge in [0.2, 0.25) is 0 Å². The molecule has 2 aromatic carbocycles. The predicted molar refractivity (Wildman–Crippen MR) is 93.1 cm³/mol. The molecule has 23 heavy (non-hydrogen) atoms. The zero-order valence-corrected chi connectivity index (χ0v) is 13.1. The fourth-order valence-electron chi connectivity index (χ4n) is 2.47. The number of H-pyrrole nitrogens is 1. The summed E-state index contributed by atoms with van der Waals surface area (Å²) < 4.78 is 0. The average molecular weight is 306 g/mol. The third-order valence-electron chi connectivity index (χ3n) is 3.83. The Kier molecular flexibility index (Phi) is 3.98. The minimum Gasteiger partial charge on any atom is -0.322 e. The minimum atomic E-state index is -0.408. The number of hydrogen-bond donors (Lipinski definition) is 2. The van der Waals surface area contributed by atoms with E-state index in [1.807, 2.05) is 48.5 Å². The first-order valence-electron chi connectivity index (χ1n) is 7.58. The monoisotopic (exact) mass is 306 g/mol. The first kappa shape index (κ1) is 15.0. The smallest absolute Gasteiger partial charge is 0.261 e. The summed E-state index contributed by atoms with van der Waals surface area (Å²) in [5.41, 5.74) is 2.31. The Morgan fingerprint density at radius 1 is 1.04 bits per heavy atom. The molecule has 0 aliphatic rings. The van der Waals surface area contributed by atoms with Gasteiger partial charge in [-0.3, -0.25) is 9.59 Å². The number of nitrogens with one attached hydrogen (secondary N) is 2. The maximum Gasteiger partial charge on any atom is 0.261 e. The maximum absolute atomic E-state index is 12.4. The van der Waals surface area contributed by atoms with Crippen LogP contribution in [-0.4, -0.2) is 10.9 Å². The highest BCUT2D eigenvalue weighted by molar-refractivity contribution is 6.05. The van der Waals surface area contributed by atoms with Gasteiger partial charge in [-0.2, -0.15) is 0 Å². The largest absolute Gasteiger partial charge is 0.322 e. The second kappa shape index (κ2) is 6.08. The number of carbonyl (C=O) groups excluding carboxylic acids is 1. The van der Waals surface area contributed by atoms with E-state index in [1.165, 1.54) is 5.56 Å². The van der Waals surface area contributed by atoms with Crippen LogP contribution in [0.1, 0.15) is 35.7 Å². The van der Waals surface area contributed by atoms with Crippen molar-refractivity contribution in [3.05, 3.63) is 76.1 Å². The van der Waals surface area contributed by atoms with Gasteiger partial charge in [-0.05, 0) is 41.1 Å². The molecule has 4 heteroatoms. The molecule has 0 fully saturated rings. The van der Waals surface area contributed by atoms with Crippen LogP contribution >= 0.6 is 0 Å². The van der Waals surface area contributed by atoms with Crippen molar-refractivity contribution in [2.75, 3.05) is 5.32 Å². The van der Waals surface area contributed by atoms with Crippen LogP contribution in [0.3, 0.4) is 0 Å². The first-order valence-corrected chi connectivity index (χ1v) is 7.58. The van der Waals surface area contributed by atoms with Crippen LogP contribution in [0.15, 0.2) is 59.4 Å². The van der Waals surface area contributed by atoms with Gasteiger partial charge in [-0.25, -0.2) is 0 Å². The maximum atomic E-state index is 12.4. The van der Waals surface area contributed by atoms with E-state index in [1.54, 1.807) is 6.07 Å². The fraction of sp³-hybridized carbons (Fsp3) is 0.158. The number of aromatic amines is 1. The van der Waals surface area contributed by atoms with Gasteiger partial charge in [0.15, 0.2) is 0 Å². The van der Waals surface area contributed by atoms with E-state index >= 15 is 0 Å². The summed E-state index contributed by atoms with van der Waals surface area (Å²) in [6.45, 7) is 4.23. The van der Waals surface area contributed by atoms with Crippen LogP contribution in [0.25, 0.3) is 10.9 Å². The molecule has 3 aromatic rings. The molecule has 116 valence electrons. The van der Waals surface area contributed by atoms with E-state index < -0.39 is 5.91 Å². The molecule has 0 unspecified atom stereocenters. The summed E-state index contributed by atoms with van der Waals surface area (Å²) in [5, 5.41) is 3.60. The summed E-state index contributed by atoms with van der Waals surface area (Å²) in [6.07, 6.45) is 0. The van der Waals surface area contributed by atoms with Crippen molar-refractivity contribution in [1.29, 1.82) is 0 Å². The zero-order valence-electron chi connectivity index (χ0n) is 13.1. The molecule has 0 aliphatic heterocycles. The van der Waals surface area contributed by atoms with Gasteiger partial charge in [-0.15, -0.1) is 0 Å². The first-order chi connectivity index (χ1) is 11.0. The zero-order chi connectivity index (χ0) is 16.4. The number of fused-ring (bicyclic) bond motifs is 1. The second-order valence-corrected chi connectivity index (χ2v) is 5.83. The fourth-order valence-corrected chi connectivity index (χ4v) is 2.47. The van der Waals surface area contributed by atoms with E-state index in [4.69, 9.17) is 0 Å². The van der Waals surface area contributed by atoms with Crippen molar-refractivity contribution in [1.82, 2.24) is 4.98 Å². The molecular formula is C19H18N2O2. The molecule has 2 N–H and O–H groups in total. The van der Waals surface area contributed by atoms with Gasteiger partial charge in [0.1, 0.15) is 5.56 Å². The number of para-hydroxylation sites is 1. The van der Waals surface area contributed by atoms with Crippen molar-refractivity contribution in [3.8, 4) is 0 Å². The molecule has 0 saturated carbocycles. The number of amides is 1. The Bertz CT molecular complexity index is 909. The van der Waals surface area contributed by atoms with Crippen LogP contribution in [0, 0.1) is 0 Å². The average Bonchev–Trinajstić information content (AvgIpc) is 2.54. The molecule has 0 spiro atoms. The number of hydrogen-bond acceptors (Lipinski definition) is 2. The Morgan fingerprint density at radius 2 is 1.74 bits per heavy atom. The molecule has 1 aromatic heterocycles. The number of aromatic nitrogens is 1. The topological polar surface area (TPSA) is 62.0 Å². The highest BCUT2D eigenvalue weighted by Gasteiger charge is 2.12. The lowest BCUT2D eigenvalue weighted by Gasteiger charge is -2.08. The molecule has 0 saturated heterocycles. The van der Waals surface area contributed by atoms with Gasteiger partial charge >= 0.3 is 0 Å². The van der Waals surface area contributed by atoms with E-state index in [9.17, 15) is 9.59 Å². The number of benzene rings is 2. The normalized spacial score (nSPS) is 10.9. The molecule has 1 amide bonds. The summed E-state index contributed by atoms with van der Waals surface area (Å²) in [6, 6.07) is 16.6. The van der Waals surface area contributed by atoms with E-state index in [0.29, 0.717) is 11.6 Å². The summed E-state index contributed by atoms with van der Waals surface area (Å²) in [7, 11) is 0. The number of rotatable bonds is 3. The van der Waals surface area contributed by atoms with Crippen molar-refractivity contribution in [2.45, 2.75) is 19.8 Å². The molecule has 0 aliphatic carbocycles. The van der Waals surface area contributed by atoms with E-state index in [0.717, 1.165) is 10.9 Å². The SMILES string of the molecule is CC(C)c1ccc(NC(=O)c2cc3ccccc3[nH]c2=O)cc1. The Balaban J connectivity index is 1.88. The van der Waals surface area contributed by atoms with Gasteiger partial charge in [-0.1, -0.05) is 44.2 Å². The summed E-state index contributed by atoms with van der Waals surface area (Å²) in [4.78, 5) is 27.2. The predicted octanol–water partition coefficient (Wildman–Crippen LogP) is 3.90. The standard InChI is InChI=1S/C19H18N2O2/c1-12(2)13-7-9-15(10-8-13)20-18(22)16-11-14-5-3-4-6-17(14)21-19(16)23/h3-12H,1-2H3,(H,20,22)(H,21,23). The van der Waals surface area contributed by atoms with Crippen LogP contribution in [0.5, 0.6) is 0 Å². The number of anilines is 1. The summed E-state index contributed by atoms with van der Waals surface area (Å²) >= 11 is 0. The van der Waals surface area contributed by atoms with Crippen LogP contribution in [0.4, 0.5) is 5.69 Å². The Hall–Kier alpha value is -2.88. The lowest BCUT2D eigenvalue weighted by atomic mass is 10.0. The van der Waals surface area contributed by atoms with Gasteiger partial charge < -0.3 is 10.3 Å². The van der Waals surface area contributed by atoms with Crippen molar-refractivity contribution in [2.24, 2.45) is 0 Å². The lowest BCUT2D eigenvalue weighted by molar-refractivity contribution is 0.102. The number of carbonyl (C=O) groups is 1. The Morgan fingerprint density at radius 3 is 2.43 bits per heavy atom. The van der Waals surface area contributed by atoms with Crippen LogP contribution in [0.2, 0.25) is 0 Å².